The number of carboxylic acid groups (broad SMARTS) is 1. The highest BCUT2D eigenvalue weighted by molar-refractivity contribution is 5.93. The minimum atomic E-state index is -4.66. The van der Waals surface area contributed by atoms with Crippen LogP contribution in [0.4, 0.5) is 19.0 Å². The molecule has 10 heteroatoms. The third-order valence-electron chi connectivity index (χ3n) is 5.21. The largest absolute Gasteiger partial charge is 0.478 e. The molecule has 30 heavy (non-hydrogen) atoms. The van der Waals surface area contributed by atoms with Crippen molar-refractivity contribution in [1.29, 1.82) is 0 Å². The topological polar surface area (TPSA) is 101 Å². The Morgan fingerprint density at radius 1 is 1.23 bits per heavy atom. The Kier molecular flexibility index (Phi) is 6.23. The molecule has 0 aromatic carbocycles. The van der Waals surface area contributed by atoms with E-state index >= 15 is 0 Å². The molecule has 1 atom stereocenters. The van der Waals surface area contributed by atoms with Gasteiger partial charge in [0.2, 0.25) is 5.91 Å². The summed E-state index contributed by atoms with van der Waals surface area (Å²) in [6, 6.07) is 2.82. The Labute approximate surface area is 169 Å². The van der Waals surface area contributed by atoms with Crippen LogP contribution < -0.4 is 10.9 Å². The summed E-state index contributed by atoms with van der Waals surface area (Å²) in [5.74, 6) is -1.51. The van der Waals surface area contributed by atoms with Gasteiger partial charge in [-0.3, -0.25) is 9.59 Å². The van der Waals surface area contributed by atoms with Crippen molar-refractivity contribution in [3.8, 4) is 0 Å². The van der Waals surface area contributed by atoms with E-state index in [2.05, 4.69) is 10.3 Å². The number of carbonyl (C=O) groups excluding carboxylic acids is 1. The molecule has 1 aliphatic carbocycles. The predicted molar refractivity (Wildman–Crippen MR) is 101 cm³/mol. The zero-order valence-corrected chi connectivity index (χ0v) is 15.9. The Balaban J connectivity index is 1.87. The summed E-state index contributed by atoms with van der Waals surface area (Å²) in [4.78, 5) is 40.1. The fourth-order valence-electron chi connectivity index (χ4n) is 3.64. The van der Waals surface area contributed by atoms with Crippen molar-refractivity contribution in [2.75, 3.05) is 5.32 Å². The highest BCUT2D eigenvalue weighted by atomic mass is 19.4. The Bertz CT molecular complexity index is 980. The molecule has 0 unspecified atom stereocenters. The molecule has 0 bridgehead atoms. The molecule has 2 heterocycles. The van der Waals surface area contributed by atoms with Gasteiger partial charge in [0.25, 0.3) is 5.56 Å². The van der Waals surface area contributed by atoms with E-state index in [0.29, 0.717) is 12.5 Å². The Morgan fingerprint density at radius 3 is 2.47 bits per heavy atom. The average Bonchev–Trinajstić information content (AvgIpc) is 3.19. The number of amides is 1. The number of rotatable bonds is 6. The SMILES string of the molecule is O=C(O)c1ccc(NC(=O)[C@H](CC2CCCC2)n2ccc(C(F)(F)F)cc2=O)nc1. The van der Waals surface area contributed by atoms with Crippen molar-refractivity contribution in [1.82, 2.24) is 9.55 Å². The number of carbonyl (C=O) groups is 2. The molecule has 0 radical (unpaired) electrons. The van der Waals surface area contributed by atoms with Crippen molar-refractivity contribution < 1.29 is 27.9 Å². The van der Waals surface area contributed by atoms with E-state index in [4.69, 9.17) is 5.11 Å². The number of aromatic nitrogens is 2. The summed E-state index contributed by atoms with van der Waals surface area (Å²) in [6.07, 6.45) is 1.48. The number of aromatic carboxylic acids is 1. The molecule has 160 valence electrons. The van der Waals surface area contributed by atoms with Crippen LogP contribution in [0.15, 0.2) is 41.5 Å². The van der Waals surface area contributed by atoms with Crippen molar-refractivity contribution >= 4 is 17.7 Å². The van der Waals surface area contributed by atoms with Crippen LogP contribution in [0.1, 0.15) is 54.1 Å². The maximum Gasteiger partial charge on any atom is 0.416 e. The maximum atomic E-state index is 12.9. The first-order valence-electron chi connectivity index (χ1n) is 9.45. The Hall–Kier alpha value is -3.17. The van der Waals surface area contributed by atoms with Crippen LogP contribution in [0.25, 0.3) is 0 Å². The van der Waals surface area contributed by atoms with E-state index in [1.54, 1.807) is 0 Å². The molecule has 1 amide bonds. The lowest BCUT2D eigenvalue weighted by atomic mass is 9.97. The number of pyridine rings is 2. The lowest BCUT2D eigenvalue weighted by Gasteiger charge is -2.22. The van der Waals surface area contributed by atoms with E-state index in [1.807, 2.05) is 0 Å². The summed E-state index contributed by atoms with van der Waals surface area (Å²) >= 11 is 0. The molecule has 3 rings (SSSR count). The predicted octanol–water partition coefficient (Wildman–Crippen LogP) is 3.72. The fourth-order valence-corrected chi connectivity index (χ4v) is 3.64. The fraction of sp³-hybridized carbons (Fsp3) is 0.400. The monoisotopic (exact) mass is 423 g/mol. The first-order valence-corrected chi connectivity index (χ1v) is 9.45. The van der Waals surface area contributed by atoms with E-state index in [0.717, 1.165) is 48.7 Å². The zero-order valence-electron chi connectivity index (χ0n) is 15.9. The zero-order chi connectivity index (χ0) is 21.9. The van der Waals surface area contributed by atoms with Crippen LogP contribution in [0.2, 0.25) is 0 Å². The minimum Gasteiger partial charge on any atom is -0.478 e. The molecule has 2 aromatic rings. The first-order chi connectivity index (χ1) is 14.1. The number of hydrogen-bond donors (Lipinski definition) is 2. The molecule has 2 N–H and O–H groups in total. The average molecular weight is 423 g/mol. The summed E-state index contributed by atoms with van der Waals surface area (Å²) < 4.78 is 39.7. The maximum absolute atomic E-state index is 12.9. The van der Waals surface area contributed by atoms with Crippen LogP contribution in [0, 0.1) is 5.92 Å². The number of nitrogens with zero attached hydrogens (tertiary/aromatic N) is 2. The molecule has 1 saturated carbocycles. The number of nitrogens with one attached hydrogen (secondary N) is 1. The van der Waals surface area contributed by atoms with Crippen molar-refractivity contribution in [3.63, 3.8) is 0 Å². The van der Waals surface area contributed by atoms with Gasteiger partial charge in [-0.2, -0.15) is 13.2 Å². The van der Waals surface area contributed by atoms with Gasteiger partial charge in [-0.15, -0.1) is 0 Å². The third kappa shape index (κ3) is 5.05. The van der Waals surface area contributed by atoms with Crippen LogP contribution in [0.3, 0.4) is 0 Å². The second-order valence-corrected chi connectivity index (χ2v) is 7.29. The van der Waals surface area contributed by atoms with Gasteiger partial charge in [-0.25, -0.2) is 9.78 Å². The molecular formula is C20H20F3N3O4. The van der Waals surface area contributed by atoms with E-state index in [9.17, 15) is 27.6 Å². The van der Waals surface area contributed by atoms with Gasteiger partial charge in [0.15, 0.2) is 0 Å². The highest BCUT2D eigenvalue weighted by Crippen LogP contribution is 2.33. The number of anilines is 1. The van der Waals surface area contributed by atoms with Gasteiger partial charge in [-0.1, -0.05) is 25.7 Å². The summed E-state index contributed by atoms with van der Waals surface area (Å²) in [5.41, 5.74) is -2.05. The normalized spacial score (nSPS) is 15.7. The molecule has 0 spiro atoms. The molecule has 0 saturated heterocycles. The van der Waals surface area contributed by atoms with Crippen LogP contribution in [0.5, 0.6) is 0 Å². The van der Waals surface area contributed by atoms with E-state index in [-0.39, 0.29) is 17.3 Å². The van der Waals surface area contributed by atoms with Crippen molar-refractivity contribution in [2.24, 2.45) is 5.92 Å². The number of hydrogen-bond acceptors (Lipinski definition) is 4. The molecule has 0 aliphatic heterocycles. The molecule has 1 aliphatic rings. The van der Waals surface area contributed by atoms with Crippen molar-refractivity contribution in [3.05, 3.63) is 58.1 Å². The minimum absolute atomic E-state index is 0.0607. The van der Waals surface area contributed by atoms with Crippen LogP contribution in [-0.2, 0) is 11.0 Å². The second kappa shape index (κ2) is 8.68. The van der Waals surface area contributed by atoms with E-state index in [1.165, 1.54) is 12.1 Å². The quantitative estimate of drug-likeness (QED) is 0.738. The molecular weight excluding hydrogens is 403 g/mol. The van der Waals surface area contributed by atoms with Gasteiger partial charge in [0, 0.05) is 18.5 Å². The molecule has 7 nitrogen and oxygen atoms in total. The summed E-state index contributed by atoms with van der Waals surface area (Å²) in [5, 5.41) is 11.4. The van der Waals surface area contributed by atoms with Gasteiger partial charge in [0.05, 0.1) is 11.1 Å². The van der Waals surface area contributed by atoms with Crippen LogP contribution >= 0.6 is 0 Å². The Morgan fingerprint density at radius 2 is 1.93 bits per heavy atom. The highest BCUT2D eigenvalue weighted by Gasteiger charge is 2.33. The standard InChI is InChI=1S/C20H20F3N3O4/c21-20(22,23)14-7-8-26(17(27)10-14)15(9-12-3-1-2-4-12)18(28)25-16-6-5-13(11-24-16)19(29)30/h5-8,10-12,15H,1-4,9H2,(H,29,30)(H,24,25,28)/t15-/m0/s1. The van der Waals surface area contributed by atoms with Crippen LogP contribution in [-0.4, -0.2) is 26.5 Å². The second-order valence-electron chi connectivity index (χ2n) is 7.29. The lowest BCUT2D eigenvalue weighted by Crippen LogP contribution is -2.34. The van der Waals surface area contributed by atoms with E-state index < -0.39 is 35.2 Å². The van der Waals surface area contributed by atoms with Gasteiger partial charge in [-0.05, 0) is 30.5 Å². The number of alkyl halides is 3. The molecule has 2 aromatic heterocycles. The van der Waals surface area contributed by atoms with Crippen molar-refractivity contribution in [2.45, 2.75) is 44.3 Å². The molecule has 1 fully saturated rings. The number of carboxylic acids is 1. The van der Waals surface area contributed by atoms with Gasteiger partial charge >= 0.3 is 12.1 Å². The van der Waals surface area contributed by atoms with Gasteiger partial charge < -0.3 is 15.0 Å². The van der Waals surface area contributed by atoms with Gasteiger partial charge in [0.1, 0.15) is 11.9 Å². The lowest BCUT2D eigenvalue weighted by molar-refractivity contribution is -0.137. The number of halogens is 3. The third-order valence-corrected chi connectivity index (χ3v) is 5.21. The summed E-state index contributed by atoms with van der Waals surface area (Å²) in [7, 11) is 0. The first kappa shape index (κ1) is 21.5. The smallest absolute Gasteiger partial charge is 0.416 e. The summed E-state index contributed by atoms with van der Waals surface area (Å²) in [6.45, 7) is 0.